The van der Waals surface area contributed by atoms with Crippen molar-refractivity contribution in [3.63, 3.8) is 0 Å². The van der Waals surface area contributed by atoms with E-state index < -0.39 is 0 Å². The van der Waals surface area contributed by atoms with Gasteiger partial charge in [0.1, 0.15) is 0 Å². The molecule has 0 saturated heterocycles. The first-order valence-corrected chi connectivity index (χ1v) is 4.27. The number of benzene rings is 1. The quantitative estimate of drug-likeness (QED) is 0.607. The Labute approximate surface area is 76.9 Å². The number of hydrogen-bond acceptors (Lipinski definition) is 2. The van der Waals surface area contributed by atoms with Crippen molar-refractivity contribution < 1.29 is 0 Å². The standard InChI is InChI=1S/C10H9NS/c1-7-2-3-8-6-9(12)4-5-10(8)11-7/h2-6,12H,1H3. The van der Waals surface area contributed by atoms with Crippen LogP contribution in [0.5, 0.6) is 0 Å². The molecule has 0 aliphatic carbocycles. The van der Waals surface area contributed by atoms with Gasteiger partial charge in [-0.25, -0.2) is 0 Å². The predicted molar refractivity (Wildman–Crippen MR) is 53.7 cm³/mol. The molecule has 0 fully saturated rings. The molecule has 0 bridgehead atoms. The van der Waals surface area contributed by atoms with E-state index in [1.165, 1.54) is 0 Å². The van der Waals surface area contributed by atoms with E-state index in [0.717, 1.165) is 21.5 Å². The van der Waals surface area contributed by atoms with E-state index in [4.69, 9.17) is 0 Å². The third-order valence-corrected chi connectivity index (χ3v) is 2.09. The van der Waals surface area contributed by atoms with Crippen LogP contribution in [-0.4, -0.2) is 4.98 Å². The van der Waals surface area contributed by atoms with Gasteiger partial charge < -0.3 is 0 Å². The van der Waals surface area contributed by atoms with E-state index >= 15 is 0 Å². The molecule has 2 aromatic rings. The molecule has 1 aromatic heterocycles. The summed E-state index contributed by atoms with van der Waals surface area (Å²) >= 11 is 4.26. The number of pyridine rings is 1. The maximum Gasteiger partial charge on any atom is 0.0705 e. The summed E-state index contributed by atoms with van der Waals surface area (Å²) < 4.78 is 0. The van der Waals surface area contributed by atoms with Crippen LogP contribution < -0.4 is 0 Å². The van der Waals surface area contributed by atoms with Gasteiger partial charge in [0.05, 0.1) is 5.52 Å². The van der Waals surface area contributed by atoms with Crippen molar-refractivity contribution in [3.05, 3.63) is 36.0 Å². The van der Waals surface area contributed by atoms with Gasteiger partial charge in [-0.2, -0.15) is 0 Å². The molecule has 1 aromatic carbocycles. The van der Waals surface area contributed by atoms with Crippen LogP contribution in [0.2, 0.25) is 0 Å². The maximum atomic E-state index is 4.38. The average molecular weight is 175 g/mol. The summed E-state index contributed by atoms with van der Waals surface area (Å²) in [4.78, 5) is 5.36. The SMILES string of the molecule is Cc1ccc2cc(S)ccc2n1. The van der Waals surface area contributed by atoms with Gasteiger partial charge >= 0.3 is 0 Å². The Morgan fingerprint density at radius 1 is 1.17 bits per heavy atom. The third-order valence-electron chi connectivity index (χ3n) is 1.81. The van der Waals surface area contributed by atoms with Gasteiger partial charge in [-0.15, -0.1) is 12.6 Å². The predicted octanol–water partition coefficient (Wildman–Crippen LogP) is 2.83. The highest BCUT2D eigenvalue weighted by Crippen LogP contribution is 2.16. The van der Waals surface area contributed by atoms with Crippen molar-refractivity contribution in [1.82, 2.24) is 4.98 Å². The summed E-state index contributed by atoms with van der Waals surface area (Å²) in [7, 11) is 0. The van der Waals surface area contributed by atoms with E-state index in [2.05, 4.69) is 23.7 Å². The highest BCUT2D eigenvalue weighted by Gasteiger charge is 1.94. The van der Waals surface area contributed by atoms with Gasteiger partial charge in [-0.05, 0) is 31.2 Å². The lowest BCUT2D eigenvalue weighted by molar-refractivity contribution is 1.25. The fourth-order valence-corrected chi connectivity index (χ4v) is 1.43. The minimum Gasteiger partial charge on any atom is -0.253 e. The molecule has 0 unspecified atom stereocenters. The molecule has 1 heterocycles. The number of rotatable bonds is 0. The van der Waals surface area contributed by atoms with Crippen LogP contribution in [-0.2, 0) is 0 Å². The Balaban J connectivity index is 2.79. The van der Waals surface area contributed by atoms with Gasteiger partial charge in [0, 0.05) is 16.0 Å². The van der Waals surface area contributed by atoms with Crippen LogP contribution in [0.3, 0.4) is 0 Å². The molecule has 2 heteroatoms. The number of hydrogen-bond donors (Lipinski definition) is 1. The summed E-state index contributed by atoms with van der Waals surface area (Å²) in [5.74, 6) is 0. The molecule has 0 N–H and O–H groups in total. The molecular weight excluding hydrogens is 166 g/mol. The zero-order valence-electron chi connectivity index (χ0n) is 6.78. The molecular formula is C10H9NS. The topological polar surface area (TPSA) is 12.9 Å². The molecule has 0 amide bonds. The van der Waals surface area contributed by atoms with E-state index in [1.54, 1.807) is 0 Å². The second-order valence-corrected chi connectivity index (χ2v) is 3.35. The van der Waals surface area contributed by atoms with E-state index in [1.807, 2.05) is 31.2 Å². The molecule has 0 spiro atoms. The number of thiol groups is 1. The minimum atomic E-state index is 0.980. The Morgan fingerprint density at radius 2 is 2.00 bits per heavy atom. The molecule has 0 saturated carbocycles. The molecule has 12 heavy (non-hydrogen) atoms. The lowest BCUT2D eigenvalue weighted by atomic mass is 10.2. The molecule has 1 nitrogen and oxygen atoms in total. The average Bonchev–Trinajstić information content (AvgIpc) is 2.05. The van der Waals surface area contributed by atoms with Crippen molar-refractivity contribution in [1.29, 1.82) is 0 Å². The summed E-state index contributed by atoms with van der Waals surface area (Å²) in [6.45, 7) is 1.99. The van der Waals surface area contributed by atoms with Crippen molar-refractivity contribution >= 4 is 23.5 Å². The normalized spacial score (nSPS) is 10.5. The zero-order valence-corrected chi connectivity index (χ0v) is 7.68. The molecule has 0 aliphatic heterocycles. The second kappa shape index (κ2) is 2.79. The van der Waals surface area contributed by atoms with Gasteiger partial charge in [0.15, 0.2) is 0 Å². The van der Waals surface area contributed by atoms with Gasteiger partial charge in [0.25, 0.3) is 0 Å². The highest BCUT2D eigenvalue weighted by atomic mass is 32.1. The fraction of sp³-hybridized carbons (Fsp3) is 0.100. The summed E-state index contributed by atoms with van der Waals surface area (Å²) in [5.41, 5.74) is 2.09. The Kier molecular flexibility index (Phi) is 1.77. The number of fused-ring (bicyclic) bond motifs is 1. The van der Waals surface area contributed by atoms with E-state index in [0.29, 0.717) is 0 Å². The van der Waals surface area contributed by atoms with Crippen LogP contribution in [0.25, 0.3) is 10.9 Å². The molecule has 2 rings (SSSR count). The minimum absolute atomic E-state index is 0.980. The first-order valence-electron chi connectivity index (χ1n) is 3.82. The Hall–Kier alpha value is -1.02. The van der Waals surface area contributed by atoms with Crippen LogP contribution >= 0.6 is 12.6 Å². The van der Waals surface area contributed by atoms with Crippen LogP contribution in [0.1, 0.15) is 5.69 Å². The molecule has 60 valence electrons. The van der Waals surface area contributed by atoms with Gasteiger partial charge in [-0.3, -0.25) is 4.98 Å². The van der Waals surface area contributed by atoms with Gasteiger partial charge in [-0.1, -0.05) is 6.07 Å². The van der Waals surface area contributed by atoms with Crippen molar-refractivity contribution in [2.75, 3.05) is 0 Å². The summed E-state index contributed by atoms with van der Waals surface area (Å²) in [6.07, 6.45) is 0. The lowest BCUT2D eigenvalue weighted by Crippen LogP contribution is -1.81. The second-order valence-electron chi connectivity index (χ2n) is 2.83. The van der Waals surface area contributed by atoms with Crippen LogP contribution in [0.4, 0.5) is 0 Å². The zero-order chi connectivity index (χ0) is 8.55. The van der Waals surface area contributed by atoms with Crippen molar-refractivity contribution in [3.8, 4) is 0 Å². The van der Waals surface area contributed by atoms with Gasteiger partial charge in [0.2, 0.25) is 0 Å². The fourth-order valence-electron chi connectivity index (χ4n) is 1.21. The number of nitrogens with zero attached hydrogens (tertiary/aromatic N) is 1. The smallest absolute Gasteiger partial charge is 0.0705 e. The first-order chi connectivity index (χ1) is 5.75. The van der Waals surface area contributed by atoms with E-state index in [9.17, 15) is 0 Å². The molecule has 0 radical (unpaired) electrons. The van der Waals surface area contributed by atoms with E-state index in [-0.39, 0.29) is 0 Å². The Bertz CT molecular complexity index is 382. The monoisotopic (exact) mass is 175 g/mol. The largest absolute Gasteiger partial charge is 0.253 e. The number of aryl methyl sites for hydroxylation is 1. The van der Waals surface area contributed by atoms with Crippen LogP contribution in [0, 0.1) is 6.92 Å². The maximum absolute atomic E-state index is 4.38. The molecule has 0 atom stereocenters. The third kappa shape index (κ3) is 1.30. The van der Waals surface area contributed by atoms with Crippen molar-refractivity contribution in [2.24, 2.45) is 0 Å². The molecule has 0 aliphatic rings. The lowest BCUT2D eigenvalue weighted by Gasteiger charge is -1.98. The summed E-state index contributed by atoms with van der Waals surface area (Å²) in [5, 5.41) is 1.15. The number of aromatic nitrogens is 1. The first kappa shape index (κ1) is 7.62. The van der Waals surface area contributed by atoms with Crippen LogP contribution in [0.15, 0.2) is 35.2 Å². The Morgan fingerprint density at radius 3 is 2.83 bits per heavy atom. The van der Waals surface area contributed by atoms with Crippen molar-refractivity contribution in [2.45, 2.75) is 11.8 Å². The highest BCUT2D eigenvalue weighted by molar-refractivity contribution is 7.80. The summed E-state index contributed by atoms with van der Waals surface area (Å²) in [6, 6.07) is 10.0.